The Balaban J connectivity index is 1.86. The van der Waals surface area contributed by atoms with Gasteiger partial charge in [-0.3, -0.25) is 9.59 Å². The molecule has 6 nitrogen and oxygen atoms in total. The highest BCUT2D eigenvalue weighted by Crippen LogP contribution is 2.13. The predicted octanol–water partition coefficient (Wildman–Crippen LogP) is 3.15. The molecule has 2 amide bonds. The molecule has 0 bridgehead atoms. The van der Waals surface area contributed by atoms with Gasteiger partial charge in [-0.1, -0.05) is 6.92 Å². The van der Waals surface area contributed by atoms with Crippen LogP contribution >= 0.6 is 12.2 Å². The van der Waals surface area contributed by atoms with Crippen molar-refractivity contribution in [2.45, 2.75) is 13.3 Å². The SMILES string of the molecule is CCC(=O)NC(=S)Nc1ccc(NC(=O)C=Cc2ccco2)cc1. The van der Waals surface area contributed by atoms with Crippen LogP contribution in [0.4, 0.5) is 11.4 Å². The summed E-state index contributed by atoms with van der Waals surface area (Å²) in [5, 5.41) is 8.40. The zero-order chi connectivity index (χ0) is 17.4. The maximum Gasteiger partial charge on any atom is 0.248 e. The van der Waals surface area contributed by atoms with Gasteiger partial charge in [-0.15, -0.1) is 0 Å². The zero-order valence-electron chi connectivity index (χ0n) is 13.0. The fourth-order valence-electron chi connectivity index (χ4n) is 1.74. The van der Waals surface area contributed by atoms with Crippen molar-refractivity contribution < 1.29 is 14.0 Å². The van der Waals surface area contributed by atoms with E-state index >= 15 is 0 Å². The number of furan rings is 1. The molecule has 1 heterocycles. The molecular weight excluding hydrogens is 326 g/mol. The number of carbonyl (C=O) groups is 2. The molecule has 0 aliphatic heterocycles. The van der Waals surface area contributed by atoms with Gasteiger partial charge in [0.05, 0.1) is 6.26 Å². The molecule has 124 valence electrons. The van der Waals surface area contributed by atoms with Crippen molar-refractivity contribution >= 4 is 46.6 Å². The Kier molecular flexibility index (Phi) is 6.27. The summed E-state index contributed by atoms with van der Waals surface area (Å²) in [4.78, 5) is 23.0. The Bertz CT molecular complexity index is 737. The van der Waals surface area contributed by atoms with Gasteiger partial charge < -0.3 is 20.4 Å². The molecule has 1 aromatic carbocycles. The normalized spacial score (nSPS) is 10.4. The highest BCUT2D eigenvalue weighted by atomic mass is 32.1. The molecule has 2 rings (SSSR count). The lowest BCUT2D eigenvalue weighted by molar-refractivity contribution is -0.119. The molecule has 0 radical (unpaired) electrons. The van der Waals surface area contributed by atoms with Crippen LogP contribution in [0, 0.1) is 0 Å². The second-order valence-electron chi connectivity index (χ2n) is 4.77. The molecule has 7 heteroatoms. The molecule has 24 heavy (non-hydrogen) atoms. The van der Waals surface area contributed by atoms with Gasteiger partial charge in [0.25, 0.3) is 0 Å². The maximum atomic E-state index is 11.8. The van der Waals surface area contributed by atoms with Crippen molar-refractivity contribution in [3.63, 3.8) is 0 Å². The van der Waals surface area contributed by atoms with Gasteiger partial charge in [0.15, 0.2) is 5.11 Å². The molecular formula is C17H17N3O3S. The number of nitrogens with one attached hydrogen (secondary N) is 3. The third-order valence-corrected chi connectivity index (χ3v) is 3.13. The highest BCUT2D eigenvalue weighted by Gasteiger charge is 2.03. The van der Waals surface area contributed by atoms with E-state index < -0.39 is 0 Å². The fourth-order valence-corrected chi connectivity index (χ4v) is 1.97. The van der Waals surface area contributed by atoms with E-state index in [1.807, 2.05) is 0 Å². The summed E-state index contributed by atoms with van der Waals surface area (Å²) in [5.74, 6) is 0.185. The minimum absolute atomic E-state index is 0.153. The number of hydrogen-bond donors (Lipinski definition) is 3. The van der Waals surface area contributed by atoms with Gasteiger partial charge in [0, 0.05) is 23.9 Å². The Labute approximate surface area is 144 Å². The third kappa shape index (κ3) is 5.69. The van der Waals surface area contributed by atoms with Crippen LogP contribution in [-0.4, -0.2) is 16.9 Å². The molecule has 0 aliphatic carbocycles. The summed E-state index contributed by atoms with van der Waals surface area (Å²) in [6.45, 7) is 1.75. The second-order valence-corrected chi connectivity index (χ2v) is 5.18. The van der Waals surface area contributed by atoms with E-state index in [0.717, 1.165) is 0 Å². The second kappa shape index (κ2) is 8.64. The van der Waals surface area contributed by atoms with E-state index in [9.17, 15) is 9.59 Å². The summed E-state index contributed by atoms with van der Waals surface area (Å²) < 4.78 is 5.11. The topological polar surface area (TPSA) is 83.4 Å². The van der Waals surface area contributed by atoms with Crippen LogP contribution < -0.4 is 16.0 Å². The molecule has 0 saturated heterocycles. The van der Waals surface area contributed by atoms with Crippen LogP contribution in [0.5, 0.6) is 0 Å². The molecule has 3 N–H and O–H groups in total. The molecule has 1 aromatic heterocycles. The number of anilines is 2. The molecule has 0 saturated carbocycles. The molecule has 0 unspecified atom stereocenters. The summed E-state index contributed by atoms with van der Waals surface area (Å²) in [5.41, 5.74) is 1.35. The van der Waals surface area contributed by atoms with Crippen LogP contribution in [0.25, 0.3) is 6.08 Å². The minimum Gasteiger partial charge on any atom is -0.465 e. The Morgan fingerprint density at radius 2 is 1.79 bits per heavy atom. The first kappa shape index (κ1) is 17.4. The quantitative estimate of drug-likeness (QED) is 0.574. The van der Waals surface area contributed by atoms with Crippen molar-refractivity contribution in [1.29, 1.82) is 0 Å². The van der Waals surface area contributed by atoms with Crippen molar-refractivity contribution in [3.8, 4) is 0 Å². The van der Waals surface area contributed by atoms with E-state index in [0.29, 0.717) is 23.6 Å². The van der Waals surface area contributed by atoms with Gasteiger partial charge in [0.1, 0.15) is 5.76 Å². The first-order chi connectivity index (χ1) is 11.6. The van der Waals surface area contributed by atoms with E-state index in [2.05, 4.69) is 16.0 Å². The van der Waals surface area contributed by atoms with Gasteiger partial charge >= 0.3 is 0 Å². The van der Waals surface area contributed by atoms with E-state index in [1.165, 1.54) is 12.3 Å². The van der Waals surface area contributed by atoms with Crippen LogP contribution in [0.15, 0.2) is 53.2 Å². The Morgan fingerprint density at radius 3 is 2.38 bits per heavy atom. The van der Waals surface area contributed by atoms with Gasteiger partial charge in [-0.2, -0.15) is 0 Å². The number of carbonyl (C=O) groups excluding carboxylic acids is 2. The predicted molar refractivity (Wildman–Crippen MR) is 97.5 cm³/mol. The van der Waals surface area contributed by atoms with Gasteiger partial charge in [-0.05, 0) is 54.7 Å². The van der Waals surface area contributed by atoms with Crippen LogP contribution in [0.2, 0.25) is 0 Å². The van der Waals surface area contributed by atoms with Crippen molar-refractivity contribution in [3.05, 3.63) is 54.5 Å². The average Bonchev–Trinajstić information content (AvgIpc) is 3.08. The van der Waals surface area contributed by atoms with Crippen molar-refractivity contribution in [2.24, 2.45) is 0 Å². The Hall–Kier alpha value is -2.93. The average molecular weight is 343 g/mol. The molecule has 0 fully saturated rings. The lowest BCUT2D eigenvalue weighted by Gasteiger charge is -2.09. The Morgan fingerprint density at radius 1 is 1.12 bits per heavy atom. The van der Waals surface area contributed by atoms with E-state index in [1.54, 1.807) is 49.4 Å². The number of hydrogen-bond acceptors (Lipinski definition) is 4. The molecule has 0 spiro atoms. The highest BCUT2D eigenvalue weighted by molar-refractivity contribution is 7.80. The summed E-state index contributed by atoms with van der Waals surface area (Å²) in [6, 6.07) is 10.4. The fraction of sp³-hybridized carbons (Fsp3) is 0.118. The zero-order valence-corrected chi connectivity index (χ0v) is 13.9. The summed E-state index contributed by atoms with van der Waals surface area (Å²) in [6.07, 6.45) is 4.87. The summed E-state index contributed by atoms with van der Waals surface area (Å²) in [7, 11) is 0. The number of rotatable bonds is 5. The first-order valence-corrected chi connectivity index (χ1v) is 7.71. The third-order valence-electron chi connectivity index (χ3n) is 2.93. The minimum atomic E-state index is -0.266. The number of amides is 2. The number of thiocarbonyl (C=S) groups is 1. The number of benzene rings is 1. The molecule has 2 aromatic rings. The van der Waals surface area contributed by atoms with Crippen LogP contribution in [0.3, 0.4) is 0 Å². The molecule has 0 aliphatic rings. The standard InChI is InChI=1S/C17H17N3O3S/c1-2-15(21)20-17(24)19-13-7-5-12(6-8-13)18-16(22)10-9-14-4-3-11-23-14/h3-11H,2H2,1H3,(H,18,22)(H2,19,20,21,24). The lowest BCUT2D eigenvalue weighted by atomic mass is 10.2. The van der Waals surface area contributed by atoms with Crippen molar-refractivity contribution in [1.82, 2.24) is 5.32 Å². The summed E-state index contributed by atoms with van der Waals surface area (Å²) >= 11 is 5.02. The largest absolute Gasteiger partial charge is 0.465 e. The first-order valence-electron chi connectivity index (χ1n) is 7.30. The smallest absolute Gasteiger partial charge is 0.248 e. The monoisotopic (exact) mass is 343 g/mol. The van der Waals surface area contributed by atoms with E-state index in [-0.39, 0.29) is 16.9 Å². The van der Waals surface area contributed by atoms with Crippen molar-refractivity contribution in [2.75, 3.05) is 10.6 Å². The van der Waals surface area contributed by atoms with Gasteiger partial charge in [0.2, 0.25) is 11.8 Å². The van der Waals surface area contributed by atoms with E-state index in [4.69, 9.17) is 16.6 Å². The van der Waals surface area contributed by atoms with Gasteiger partial charge in [-0.25, -0.2) is 0 Å². The van der Waals surface area contributed by atoms with Crippen LogP contribution in [-0.2, 0) is 9.59 Å². The molecule has 0 atom stereocenters. The lowest BCUT2D eigenvalue weighted by Crippen LogP contribution is -2.33. The van der Waals surface area contributed by atoms with Crippen LogP contribution in [0.1, 0.15) is 19.1 Å². The maximum absolute atomic E-state index is 11.8.